The van der Waals surface area contributed by atoms with E-state index in [1.54, 1.807) is 6.92 Å². The minimum Gasteiger partial charge on any atom is -0.300 e. The minimum absolute atomic E-state index is 0.182. The lowest BCUT2D eigenvalue weighted by molar-refractivity contribution is 1.04. The topological polar surface area (TPSA) is 74.4 Å². The zero-order valence-electron chi connectivity index (χ0n) is 6.18. The Morgan fingerprint density at radius 2 is 2.25 bits per heavy atom. The van der Waals surface area contributed by atoms with Crippen molar-refractivity contribution in [1.29, 1.82) is 0 Å². The van der Waals surface area contributed by atoms with E-state index in [2.05, 4.69) is 36.1 Å². The van der Waals surface area contributed by atoms with Crippen LogP contribution >= 0.6 is 15.9 Å². The number of hydrogen-bond acceptors (Lipinski definition) is 3. The Bertz CT molecular complexity index is 486. The Labute approximate surface area is 75.3 Å². The van der Waals surface area contributed by atoms with Crippen LogP contribution in [0.2, 0.25) is 0 Å². The number of H-pyrrole nitrogens is 2. The zero-order valence-corrected chi connectivity index (χ0v) is 7.77. The molecule has 2 heterocycles. The summed E-state index contributed by atoms with van der Waals surface area (Å²) in [5, 5.41) is 7.06. The van der Waals surface area contributed by atoms with Crippen LogP contribution in [0.1, 0.15) is 5.69 Å². The summed E-state index contributed by atoms with van der Waals surface area (Å²) >= 11 is 3.07. The molecule has 0 aliphatic heterocycles. The van der Waals surface area contributed by atoms with Gasteiger partial charge < -0.3 is 4.98 Å². The number of aromatic nitrogens is 4. The van der Waals surface area contributed by atoms with Gasteiger partial charge in [0.2, 0.25) is 0 Å². The lowest BCUT2D eigenvalue weighted by atomic mass is 10.3. The van der Waals surface area contributed by atoms with Crippen LogP contribution in [0, 0.1) is 6.92 Å². The fourth-order valence-corrected chi connectivity index (χ4v) is 1.39. The normalized spacial score (nSPS) is 10.8. The molecule has 0 spiro atoms. The van der Waals surface area contributed by atoms with Crippen molar-refractivity contribution in [3.63, 3.8) is 0 Å². The van der Waals surface area contributed by atoms with Gasteiger partial charge in [-0.3, -0.25) is 9.89 Å². The molecule has 5 nitrogen and oxygen atoms in total. The molecule has 2 N–H and O–H groups in total. The van der Waals surface area contributed by atoms with Gasteiger partial charge in [0.25, 0.3) is 5.56 Å². The SMILES string of the molecule is Cc1[nH]nc2nc(Br)[nH]c(=O)c12. The summed E-state index contributed by atoms with van der Waals surface area (Å²) in [6.45, 7) is 1.78. The lowest BCUT2D eigenvalue weighted by Gasteiger charge is -1.89. The van der Waals surface area contributed by atoms with Crippen LogP contribution in [0.15, 0.2) is 9.53 Å². The molecule has 0 aliphatic carbocycles. The van der Waals surface area contributed by atoms with Gasteiger partial charge in [0.05, 0.1) is 0 Å². The summed E-state index contributed by atoms with van der Waals surface area (Å²) in [4.78, 5) is 17.8. The third-order valence-corrected chi connectivity index (χ3v) is 1.95. The smallest absolute Gasteiger partial charge is 0.262 e. The van der Waals surface area contributed by atoms with Crippen LogP contribution in [0.5, 0.6) is 0 Å². The first-order chi connectivity index (χ1) is 5.68. The molecule has 0 radical (unpaired) electrons. The number of aromatic amines is 2. The first-order valence-electron chi connectivity index (χ1n) is 3.29. The molecule has 2 rings (SSSR count). The Morgan fingerprint density at radius 1 is 1.50 bits per heavy atom. The Hall–Kier alpha value is -1.17. The number of aryl methyl sites for hydroxylation is 1. The molecule has 62 valence electrons. The quantitative estimate of drug-likeness (QED) is 0.653. The van der Waals surface area contributed by atoms with Gasteiger partial charge in [0.15, 0.2) is 10.4 Å². The maximum absolute atomic E-state index is 11.3. The first kappa shape index (κ1) is 7.48. The van der Waals surface area contributed by atoms with Crippen LogP contribution < -0.4 is 5.56 Å². The van der Waals surface area contributed by atoms with E-state index in [4.69, 9.17) is 0 Å². The summed E-state index contributed by atoms with van der Waals surface area (Å²) in [5.41, 5.74) is 0.979. The Morgan fingerprint density at radius 3 is 3.00 bits per heavy atom. The maximum atomic E-state index is 11.3. The highest BCUT2D eigenvalue weighted by molar-refractivity contribution is 9.10. The highest BCUT2D eigenvalue weighted by Crippen LogP contribution is 2.08. The molecule has 6 heteroatoms. The summed E-state index contributed by atoms with van der Waals surface area (Å²) in [7, 11) is 0. The van der Waals surface area contributed by atoms with Crippen LogP contribution in [0.25, 0.3) is 11.0 Å². The number of nitrogens with one attached hydrogen (secondary N) is 2. The third kappa shape index (κ3) is 0.953. The van der Waals surface area contributed by atoms with E-state index in [1.165, 1.54) is 0 Å². The van der Waals surface area contributed by atoms with Crippen LogP contribution in [0.4, 0.5) is 0 Å². The zero-order chi connectivity index (χ0) is 8.72. The third-order valence-electron chi connectivity index (χ3n) is 1.58. The summed E-state index contributed by atoms with van der Waals surface area (Å²) in [6, 6.07) is 0. The van der Waals surface area contributed by atoms with Crippen molar-refractivity contribution < 1.29 is 0 Å². The molecule has 0 aromatic carbocycles. The van der Waals surface area contributed by atoms with Gasteiger partial charge in [-0.2, -0.15) is 5.10 Å². The van der Waals surface area contributed by atoms with Gasteiger partial charge in [0, 0.05) is 5.69 Å². The maximum Gasteiger partial charge on any atom is 0.262 e. The van der Waals surface area contributed by atoms with Gasteiger partial charge in [-0.15, -0.1) is 0 Å². The number of rotatable bonds is 0. The predicted octanol–water partition coefficient (Wildman–Crippen LogP) is 0.717. The summed E-state index contributed by atoms with van der Waals surface area (Å²) in [5.74, 6) is 0. The lowest BCUT2D eigenvalue weighted by Crippen LogP contribution is -2.07. The second kappa shape index (κ2) is 2.41. The van der Waals surface area contributed by atoms with E-state index >= 15 is 0 Å². The average molecular weight is 229 g/mol. The molecule has 0 saturated carbocycles. The van der Waals surface area contributed by atoms with Crippen molar-refractivity contribution in [3.05, 3.63) is 20.8 Å². The van der Waals surface area contributed by atoms with Crippen molar-refractivity contribution in [2.24, 2.45) is 0 Å². The molecule has 0 atom stereocenters. The molecule has 0 unspecified atom stereocenters. The van der Waals surface area contributed by atoms with E-state index in [0.717, 1.165) is 5.69 Å². The number of nitrogens with zero attached hydrogens (tertiary/aromatic N) is 2. The molecule has 2 aromatic rings. The van der Waals surface area contributed by atoms with Gasteiger partial charge in [0.1, 0.15) is 5.39 Å². The van der Waals surface area contributed by atoms with Gasteiger partial charge in [-0.25, -0.2) is 4.98 Å². The van der Waals surface area contributed by atoms with Crippen molar-refractivity contribution in [2.75, 3.05) is 0 Å². The number of hydrogen-bond donors (Lipinski definition) is 2. The van der Waals surface area contributed by atoms with Crippen LogP contribution in [-0.4, -0.2) is 20.2 Å². The number of fused-ring (bicyclic) bond motifs is 1. The van der Waals surface area contributed by atoms with E-state index < -0.39 is 0 Å². The van der Waals surface area contributed by atoms with E-state index in [-0.39, 0.29) is 5.56 Å². The summed E-state index contributed by atoms with van der Waals surface area (Å²) in [6.07, 6.45) is 0. The minimum atomic E-state index is -0.182. The van der Waals surface area contributed by atoms with E-state index in [9.17, 15) is 4.79 Å². The predicted molar refractivity (Wildman–Crippen MR) is 46.9 cm³/mol. The molecule has 0 saturated heterocycles. The average Bonchev–Trinajstić information content (AvgIpc) is 2.31. The monoisotopic (exact) mass is 228 g/mol. The standard InChI is InChI=1S/C6H5BrN4O/c1-2-3-4(11-10-2)8-6(7)9-5(3)12/h1H3,(H2,8,9,10,11,12). The van der Waals surface area contributed by atoms with Gasteiger partial charge in [-0.1, -0.05) is 0 Å². The van der Waals surface area contributed by atoms with Crippen LogP contribution in [0.3, 0.4) is 0 Å². The number of halogens is 1. The van der Waals surface area contributed by atoms with E-state index in [0.29, 0.717) is 15.8 Å². The van der Waals surface area contributed by atoms with E-state index in [1.807, 2.05) is 0 Å². The Balaban J connectivity index is 3.03. The molecular weight excluding hydrogens is 224 g/mol. The molecule has 12 heavy (non-hydrogen) atoms. The molecule has 0 aliphatic rings. The van der Waals surface area contributed by atoms with Gasteiger partial charge >= 0.3 is 0 Å². The molecule has 0 amide bonds. The second-order valence-corrected chi connectivity index (χ2v) is 3.16. The second-order valence-electron chi connectivity index (χ2n) is 2.40. The van der Waals surface area contributed by atoms with Crippen molar-refractivity contribution in [3.8, 4) is 0 Å². The van der Waals surface area contributed by atoms with Crippen LogP contribution in [-0.2, 0) is 0 Å². The fraction of sp³-hybridized carbons (Fsp3) is 0.167. The fourth-order valence-electron chi connectivity index (χ4n) is 1.05. The van der Waals surface area contributed by atoms with Crippen molar-refractivity contribution in [1.82, 2.24) is 20.2 Å². The highest BCUT2D eigenvalue weighted by Gasteiger charge is 2.07. The largest absolute Gasteiger partial charge is 0.300 e. The first-order valence-corrected chi connectivity index (χ1v) is 4.08. The van der Waals surface area contributed by atoms with Crippen molar-refractivity contribution >= 4 is 27.0 Å². The molecular formula is C6H5BrN4O. The Kier molecular flexibility index (Phi) is 1.50. The van der Waals surface area contributed by atoms with Gasteiger partial charge in [-0.05, 0) is 22.9 Å². The molecule has 2 aromatic heterocycles. The highest BCUT2D eigenvalue weighted by atomic mass is 79.9. The molecule has 0 bridgehead atoms. The summed E-state index contributed by atoms with van der Waals surface area (Å²) < 4.78 is 0.395. The molecule has 0 fully saturated rings. The van der Waals surface area contributed by atoms with Crippen molar-refractivity contribution in [2.45, 2.75) is 6.92 Å².